The Kier molecular flexibility index (Phi) is 4.10. The van der Waals surface area contributed by atoms with Crippen LogP contribution in [0.25, 0.3) is 0 Å². The van der Waals surface area contributed by atoms with Gasteiger partial charge in [-0.3, -0.25) is 5.41 Å². The number of nitrogens with two attached hydrogens (primary N) is 1. The highest BCUT2D eigenvalue weighted by molar-refractivity contribution is 5.95. The van der Waals surface area contributed by atoms with Gasteiger partial charge in [-0.1, -0.05) is 54.6 Å². The van der Waals surface area contributed by atoms with Gasteiger partial charge in [-0.05, 0) is 24.0 Å². The highest BCUT2D eigenvalue weighted by atomic mass is 15.2. The van der Waals surface area contributed by atoms with Gasteiger partial charge in [0.15, 0.2) is 0 Å². The molecule has 0 radical (unpaired) electrons. The second-order valence-electron chi connectivity index (χ2n) is 4.20. The molecule has 3 heteroatoms. The Hall–Kier alpha value is -2.13. The summed E-state index contributed by atoms with van der Waals surface area (Å²) in [6.07, 6.45) is 2.04. The van der Waals surface area contributed by atoms with Crippen LogP contribution in [-0.4, -0.2) is 5.84 Å². The van der Waals surface area contributed by atoms with Crippen molar-refractivity contribution in [2.75, 3.05) is 0 Å². The van der Waals surface area contributed by atoms with E-state index in [9.17, 15) is 0 Å². The smallest absolute Gasteiger partial charge is 0.139 e. The quantitative estimate of drug-likeness (QED) is 0.332. The van der Waals surface area contributed by atoms with E-state index in [-0.39, 0.29) is 5.84 Å². The Morgan fingerprint density at radius 3 is 2.00 bits per heavy atom. The second-order valence-corrected chi connectivity index (χ2v) is 4.20. The SMILES string of the molecule is N=C(NN)c1ccc(CCc2ccccc2)cc1. The molecule has 2 aromatic carbocycles. The predicted octanol–water partition coefficient (Wildman–Crippen LogP) is 2.26. The first-order valence-corrected chi connectivity index (χ1v) is 5.98. The molecule has 0 unspecified atom stereocenters. The van der Waals surface area contributed by atoms with Crippen LogP contribution in [0.5, 0.6) is 0 Å². The van der Waals surface area contributed by atoms with E-state index in [1.165, 1.54) is 11.1 Å². The van der Waals surface area contributed by atoms with Crippen LogP contribution in [0.15, 0.2) is 54.6 Å². The first-order chi connectivity index (χ1) is 8.79. The summed E-state index contributed by atoms with van der Waals surface area (Å²) in [5.41, 5.74) is 5.76. The van der Waals surface area contributed by atoms with Crippen LogP contribution in [0.1, 0.15) is 16.7 Å². The minimum absolute atomic E-state index is 0.240. The Morgan fingerprint density at radius 2 is 1.44 bits per heavy atom. The molecule has 0 atom stereocenters. The maximum atomic E-state index is 7.55. The minimum Gasteiger partial charge on any atom is -0.308 e. The zero-order chi connectivity index (χ0) is 12.8. The lowest BCUT2D eigenvalue weighted by Gasteiger charge is -2.05. The molecule has 0 spiro atoms. The van der Waals surface area contributed by atoms with Crippen molar-refractivity contribution in [3.05, 3.63) is 71.3 Å². The predicted molar refractivity (Wildman–Crippen MR) is 74.4 cm³/mol. The summed E-state index contributed by atoms with van der Waals surface area (Å²) < 4.78 is 0. The summed E-state index contributed by atoms with van der Waals surface area (Å²) in [6, 6.07) is 18.4. The molecule has 2 aromatic rings. The number of hydrogen-bond acceptors (Lipinski definition) is 2. The van der Waals surface area contributed by atoms with E-state index < -0.39 is 0 Å². The molecule has 2 rings (SSSR count). The van der Waals surface area contributed by atoms with Gasteiger partial charge < -0.3 is 5.43 Å². The minimum atomic E-state index is 0.240. The number of hydrazine groups is 1. The van der Waals surface area contributed by atoms with E-state index in [1.54, 1.807) is 0 Å². The van der Waals surface area contributed by atoms with Gasteiger partial charge in [0.25, 0.3) is 0 Å². The lowest BCUT2D eigenvalue weighted by molar-refractivity contribution is 0.959. The molecule has 0 aliphatic carbocycles. The van der Waals surface area contributed by atoms with Crippen molar-refractivity contribution in [1.82, 2.24) is 5.43 Å². The van der Waals surface area contributed by atoms with Crippen molar-refractivity contribution in [1.29, 1.82) is 5.41 Å². The first kappa shape index (κ1) is 12.3. The maximum Gasteiger partial charge on any atom is 0.139 e. The fourth-order valence-electron chi connectivity index (χ4n) is 1.85. The van der Waals surface area contributed by atoms with Crippen molar-refractivity contribution >= 4 is 5.84 Å². The van der Waals surface area contributed by atoms with E-state index >= 15 is 0 Å². The summed E-state index contributed by atoms with van der Waals surface area (Å²) in [5.74, 6) is 5.44. The van der Waals surface area contributed by atoms with Crippen molar-refractivity contribution in [2.45, 2.75) is 12.8 Å². The zero-order valence-corrected chi connectivity index (χ0v) is 10.2. The lowest BCUT2D eigenvalue weighted by atomic mass is 10.0. The standard InChI is InChI=1S/C15H17N3/c16-15(18-17)14-10-8-13(9-11-14)7-6-12-4-2-1-3-5-12/h1-5,8-11H,6-7,17H2,(H2,16,18). The highest BCUT2D eigenvalue weighted by Crippen LogP contribution is 2.09. The molecule has 0 saturated heterocycles. The molecule has 0 amide bonds. The lowest BCUT2D eigenvalue weighted by Crippen LogP contribution is -2.29. The van der Waals surface area contributed by atoms with Crippen molar-refractivity contribution < 1.29 is 0 Å². The molecular formula is C15H17N3. The molecule has 0 saturated carbocycles. The summed E-state index contributed by atoms with van der Waals surface area (Å²) >= 11 is 0. The molecule has 0 fully saturated rings. The van der Waals surface area contributed by atoms with E-state index in [2.05, 4.69) is 29.7 Å². The van der Waals surface area contributed by atoms with Gasteiger partial charge in [-0.2, -0.15) is 0 Å². The Morgan fingerprint density at radius 1 is 0.889 bits per heavy atom. The summed E-state index contributed by atoms with van der Waals surface area (Å²) in [5, 5.41) is 7.55. The first-order valence-electron chi connectivity index (χ1n) is 5.98. The number of hydrogen-bond donors (Lipinski definition) is 3. The number of benzene rings is 2. The normalized spacial score (nSPS) is 10.1. The molecule has 4 N–H and O–H groups in total. The summed E-state index contributed by atoms with van der Waals surface area (Å²) in [4.78, 5) is 0. The maximum absolute atomic E-state index is 7.55. The van der Waals surface area contributed by atoms with Gasteiger partial charge in [-0.25, -0.2) is 5.84 Å². The molecule has 3 nitrogen and oxygen atoms in total. The third-order valence-corrected chi connectivity index (χ3v) is 2.93. The number of amidine groups is 1. The molecule has 0 aliphatic heterocycles. The molecule has 18 heavy (non-hydrogen) atoms. The second kappa shape index (κ2) is 5.98. The van der Waals surface area contributed by atoms with E-state index in [4.69, 9.17) is 11.3 Å². The molecule has 0 aliphatic rings. The van der Waals surface area contributed by atoms with Crippen molar-refractivity contribution in [2.24, 2.45) is 5.84 Å². The highest BCUT2D eigenvalue weighted by Gasteiger charge is 1.99. The third-order valence-electron chi connectivity index (χ3n) is 2.93. The topological polar surface area (TPSA) is 61.9 Å². The third kappa shape index (κ3) is 3.18. The van der Waals surface area contributed by atoms with Crippen LogP contribution >= 0.6 is 0 Å². The Bertz CT molecular complexity index is 503. The van der Waals surface area contributed by atoms with Gasteiger partial charge in [0, 0.05) is 5.56 Å². The van der Waals surface area contributed by atoms with E-state index in [1.807, 2.05) is 30.3 Å². The average molecular weight is 239 g/mol. The van der Waals surface area contributed by atoms with Crippen LogP contribution in [0.2, 0.25) is 0 Å². The van der Waals surface area contributed by atoms with Gasteiger partial charge in [0.1, 0.15) is 5.84 Å². The van der Waals surface area contributed by atoms with E-state index in [0.717, 1.165) is 18.4 Å². The molecule has 0 heterocycles. The van der Waals surface area contributed by atoms with Crippen molar-refractivity contribution in [3.8, 4) is 0 Å². The fraction of sp³-hybridized carbons (Fsp3) is 0.133. The molecular weight excluding hydrogens is 222 g/mol. The van der Waals surface area contributed by atoms with Crippen LogP contribution in [-0.2, 0) is 12.8 Å². The van der Waals surface area contributed by atoms with Crippen LogP contribution < -0.4 is 11.3 Å². The van der Waals surface area contributed by atoms with Crippen LogP contribution in [0, 0.1) is 5.41 Å². The van der Waals surface area contributed by atoms with Gasteiger partial charge in [0.2, 0.25) is 0 Å². The summed E-state index contributed by atoms with van der Waals surface area (Å²) in [6.45, 7) is 0. The zero-order valence-electron chi connectivity index (χ0n) is 10.2. The molecule has 92 valence electrons. The van der Waals surface area contributed by atoms with E-state index in [0.29, 0.717) is 0 Å². The average Bonchev–Trinajstić information content (AvgIpc) is 2.46. The number of nitrogens with one attached hydrogen (secondary N) is 2. The van der Waals surface area contributed by atoms with Crippen LogP contribution in [0.4, 0.5) is 0 Å². The van der Waals surface area contributed by atoms with Gasteiger partial charge >= 0.3 is 0 Å². The van der Waals surface area contributed by atoms with Gasteiger partial charge in [0.05, 0.1) is 0 Å². The van der Waals surface area contributed by atoms with Gasteiger partial charge in [-0.15, -0.1) is 0 Å². The Balaban J connectivity index is 1.97. The summed E-state index contributed by atoms with van der Waals surface area (Å²) in [7, 11) is 0. The fourth-order valence-corrected chi connectivity index (χ4v) is 1.85. The number of aryl methyl sites for hydroxylation is 2. The molecule has 0 aromatic heterocycles. The largest absolute Gasteiger partial charge is 0.308 e. The van der Waals surface area contributed by atoms with Crippen molar-refractivity contribution in [3.63, 3.8) is 0 Å². The Labute approximate surface area is 107 Å². The molecule has 0 bridgehead atoms. The van der Waals surface area contributed by atoms with Crippen LogP contribution in [0.3, 0.4) is 0 Å². The monoisotopic (exact) mass is 239 g/mol. The number of rotatable bonds is 4.